The number of aliphatic hydroxyl groups is 1. The zero-order chi connectivity index (χ0) is 21.3. The number of benzene rings is 1. The van der Waals surface area contributed by atoms with Crippen LogP contribution < -0.4 is 10.6 Å². The third-order valence-corrected chi connectivity index (χ3v) is 5.92. The maximum atomic E-state index is 9.94. The van der Waals surface area contributed by atoms with Crippen LogP contribution in [0.3, 0.4) is 0 Å². The molecule has 0 aliphatic heterocycles. The van der Waals surface area contributed by atoms with Crippen molar-refractivity contribution in [2.45, 2.75) is 38.8 Å². The average Bonchev–Trinajstić information content (AvgIpc) is 3.15. The molecule has 3 aromatic rings. The van der Waals surface area contributed by atoms with Crippen molar-refractivity contribution in [3.63, 3.8) is 0 Å². The highest BCUT2D eigenvalue weighted by atomic mass is 16.3. The molecule has 0 bridgehead atoms. The second-order valence-corrected chi connectivity index (χ2v) is 8.22. The summed E-state index contributed by atoms with van der Waals surface area (Å²) in [5.74, 6) is 0.923. The maximum Gasteiger partial charge on any atom is 0.224 e. The van der Waals surface area contributed by atoms with E-state index in [0.717, 1.165) is 23.0 Å². The van der Waals surface area contributed by atoms with E-state index < -0.39 is 0 Å². The van der Waals surface area contributed by atoms with Gasteiger partial charge in [-0.2, -0.15) is 15.5 Å². The molecule has 1 aliphatic carbocycles. The van der Waals surface area contributed by atoms with Crippen LogP contribution in [0.25, 0.3) is 10.9 Å². The second-order valence-electron chi connectivity index (χ2n) is 8.22. The van der Waals surface area contributed by atoms with E-state index in [1.165, 1.54) is 6.20 Å². The average molecular weight is 401 g/mol. The third kappa shape index (κ3) is 3.66. The number of anilines is 2. The minimum atomic E-state index is -0.361. The number of H-pyrrole nitrogens is 1. The second kappa shape index (κ2) is 7.66. The highest BCUT2D eigenvalue weighted by molar-refractivity contribution is 5.81. The normalized spacial score (nSPS) is 19.5. The first-order valence-electron chi connectivity index (χ1n) is 9.88. The molecule has 2 aromatic heterocycles. The summed E-state index contributed by atoms with van der Waals surface area (Å²) < 4.78 is 0. The molecule has 0 radical (unpaired) electrons. The molecule has 8 heteroatoms. The number of fused-ring (bicyclic) bond motifs is 1. The first-order valence-corrected chi connectivity index (χ1v) is 9.88. The molecule has 0 unspecified atom stereocenters. The Labute approximate surface area is 174 Å². The fourth-order valence-electron chi connectivity index (χ4n) is 3.68. The quantitative estimate of drug-likeness (QED) is 0.499. The fraction of sp³-hybridized carbons (Fsp3) is 0.364. The van der Waals surface area contributed by atoms with Crippen molar-refractivity contribution in [2.24, 2.45) is 5.41 Å². The van der Waals surface area contributed by atoms with Gasteiger partial charge in [0.15, 0.2) is 0 Å². The standard InChI is InChI=1S/C22H23N7O/c1-22(2)18(9-19(22)30)28-20-15(11-24)12-26-21(29-20)25-6-5-16-8-14-7-13(10-23)3-4-17(14)27-16/h3-4,7-8,12,18-19,27,30H,5-6,9H2,1-2H3,(H2,25,26,28,29)/t18-,19+/m1/s1. The van der Waals surface area contributed by atoms with Crippen LogP contribution in [0, 0.1) is 28.1 Å². The van der Waals surface area contributed by atoms with Gasteiger partial charge in [0.2, 0.25) is 5.95 Å². The molecule has 4 N–H and O–H groups in total. The largest absolute Gasteiger partial charge is 0.392 e. The molecule has 8 nitrogen and oxygen atoms in total. The number of hydrogen-bond donors (Lipinski definition) is 4. The molecule has 0 spiro atoms. The Hall–Kier alpha value is -3.62. The Kier molecular flexibility index (Phi) is 5.03. The minimum absolute atomic E-state index is 0.0481. The van der Waals surface area contributed by atoms with Crippen molar-refractivity contribution in [3.05, 3.63) is 47.3 Å². The number of hydrogen-bond acceptors (Lipinski definition) is 7. The lowest BCUT2D eigenvalue weighted by atomic mass is 9.64. The number of nitrogens with zero attached hydrogens (tertiary/aromatic N) is 4. The van der Waals surface area contributed by atoms with Crippen LogP contribution in [0.1, 0.15) is 37.1 Å². The Morgan fingerprint density at radius 2 is 2.10 bits per heavy atom. The molecule has 4 rings (SSSR count). The SMILES string of the molecule is CC1(C)[C@@H](O)C[C@H]1Nc1nc(NCCc2cc3cc(C#N)ccc3[nH]2)ncc1C#N. The molecule has 2 atom stereocenters. The predicted molar refractivity (Wildman–Crippen MR) is 114 cm³/mol. The molecule has 152 valence electrons. The van der Waals surface area contributed by atoms with Crippen LogP contribution in [0.2, 0.25) is 0 Å². The summed E-state index contributed by atoms with van der Waals surface area (Å²) in [6.07, 6.45) is 2.50. The molecule has 30 heavy (non-hydrogen) atoms. The summed E-state index contributed by atoms with van der Waals surface area (Å²) in [6.45, 7) is 4.59. The number of nitrogens with one attached hydrogen (secondary N) is 3. The van der Waals surface area contributed by atoms with E-state index in [1.54, 1.807) is 6.07 Å². The van der Waals surface area contributed by atoms with Crippen molar-refractivity contribution in [1.29, 1.82) is 10.5 Å². The van der Waals surface area contributed by atoms with Crippen LogP contribution in [0.15, 0.2) is 30.5 Å². The van der Waals surface area contributed by atoms with Gasteiger partial charge >= 0.3 is 0 Å². The summed E-state index contributed by atoms with van der Waals surface area (Å²) in [7, 11) is 0. The van der Waals surface area contributed by atoms with Crippen LogP contribution in [-0.2, 0) is 6.42 Å². The van der Waals surface area contributed by atoms with Crippen molar-refractivity contribution >= 4 is 22.7 Å². The molecule has 2 heterocycles. The monoisotopic (exact) mass is 401 g/mol. The number of aromatic nitrogens is 3. The van der Waals surface area contributed by atoms with E-state index in [0.29, 0.717) is 35.9 Å². The van der Waals surface area contributed by atoms with Crippen molar-refractivity contribution < 1.29 is 5.11 Å². The summed E-state index contributed by atoms with van der Waals surface area (Å²) in [6, 6.07) is 11.9. The first-order chi connectivity index (χ1) is 14.4. The van der Waals surface area contributed by atoms with Crippen LogP contribution in [0.4, 0.5) is 11.8 Å². The van der Waals surface area contributed by atoms with Gasteiger partial charge in [-0.15, -0.1) is 0 Å². The first kappa shape index (κ1) is 19.7. The Morgan fingerprint density at radius 3 is 2.80 bits per heavy atom. The summed E-state index contributed by atoms with van der Waals surface area (Å²) in [5, 5.41) is 35.8. The van der Waals surface area contributed by atoms with E-state index in [2.05, 4.69) is 37.7 Å². The molecule has 1 aliphatic rings. The van der Waals surface area contributed by atoms with Gasteiger partial charge in [-0.1, -0.05) is 13.8 Å². The van der Waals surface area contributed by atoms with Crippen LogP contribution in [0.5, 0.6) is 0 Å². The van der Waals surface area contributed by atoms with E-state index in [4.69, 9.17) is 5.26 Å². The van der Waals surface area contributed by atoms with Crippen LogP contribution >= 0.6 is 0 Å². The van der Waals surface area contributed by atoms with Gasteiger partial charge in [0.05, 0.1) is 23.9 Å². The lowest BCUT2D eigenvalue weighted by Gasteiger charge is -2.49. The lowest BCUT2D eigenvalue weighted by molar-refractivity contribution is -0.0511. The summed E-state index contributed by atoms with van der Waals surface area (Å²) >= 11 is 0. The van der Waals surface area contributed by atoms with Crippen molar-refractivity contribution in [3.8, 4) is 12.1 Å². The lowest BCUT2D eigenvalue weighted by Crippen LogP contribution is -2.57. The molecule has 1 fully saturated rings. The molecule has 0 saturated heterocycles. The van der Waals surface area contributed by atoms with E-state index in [1.807, 2.05) is 32.0 Å². The van der Waals surface area contributed by atoms with E-state index in [9.17, 15) is 10.4 Å². The van der Waals surface area contributed by atoms with Gasteiger partial charge in [-0.25, -0.2) is 4.98 Å². The van der Waals surface area contributed by atoms with Gasteiger partial charge in [-0.3, -0.25) is 0 Å². The van der Waals surface area contributed by atoms with Gasteiger partial charge in [-0.05, 0) is 30.7 Å². The smallest absolute Gasteiger partial charge is 0.224 e. The summed E-state index contributed by atoms with van der Waals surface area (Å²) in [4.78, 5) is 12.0. The molecular formula is C22H23N7O. The highest BCUT2D eigenvalue weighted by Crippen LogP contribution is 2.42. The summed E-state index contributed by atoms with van der Waals surface area (Å²) in [5.41, 5.74) is 2.79. The molecule has 1 aromatic carbocycles. The highest BCUT2D eigenvalue weighted by Gasteiger charge is 2.47. The molecule has 0 amide bonds. The minimum Gasteiger partial charge on any atom is -0.392 e. The number of nitriles is 2. The number of aliphatic hydroxyl groups excluding tert-OH is 1. The molecular weight excluding hydrogens is 378 g/mol. The number of rotatable bonds is 6. The molecule has 1 saturated carbocycles. The third-order valence-electron chi connectivity index (χ3n) is 5.92. The van der Waals surface area contributed by atoms with Crippen molar-refractivity contribution in [1.82, 2.24) is 15.0 Å². The van der Waals surface area contributed by atoms with E-state index >= 15 is 0 Å². The van der Waals surface area contributed by atoms with Gasteiger partial charge in [0.1, 0.15) is 17.5 Å². The predicted octanol–water partition coefficient (Wildman–Crippen LogP) is 2.93. The van der Waals surface area contributed by atoms with Gasteiger partial charge in [0, 0.05) is 41.0 Å². The number of aromatic amines is 1. The maximum absolute atomic E-state index is 9.94. The van der Waals surface area contributed by atoms with Gasteiger partial charge in [0.25, 0.3) is 0 Å². The Morgan fingerprint density at radius 1 is 1.27 bits per heavy atom. The fourth-order valence-corrected chi connectivity index (χ4v) is 3.68. The topological polar surface area (TPSA) is 133 Å². The van der Waals surface area contributed by atoms with Gasteiger partial charge < -0.3 is 20.7 Å². The Balaban J connectivity index is 1.41. The zero-order valence-electron chi connectivity index (χ0n) is 16.9. The van der Waals surface area contributed by atoms with Crippen LogP contribution in [-0.4, -0.2) is 38.7 Å². The van der Waals surface area contributed by atoms with Crippen molar-refractivity contribution in [2.75, 3.05) is 17.2 Å². The zero-order valence-corrected chi connectivity index (χ0v) is 16.9. The van der Waals surface area contributed by atoms with E-state index in [-0.39, 0.29) is 17.6 Å². The Bertz CT molecular complexity index is 1170.